The van der Waals surface area contributed by atoms with Gasteiger partial charge in [-0.25, -0.2) is 9.37 Å². The maximum Gasteiger partial charge on any atom is 0.219 e. The molecule has 3 nitrogen and oxygen atoms in total. The molecule has 1 aromatic carbocycles. The van der Waals surface area contributed by atoms with E-state index in [1.54, 1.807) is 18.2 Å². The van der Waals surface area contributed by atoms with E-state index in [0.29, 0.717) is 16.7 Å². The van der Waals surface area contributed by atoms with Gasteiger partial charge in [0.1, 0.15) is 11.6 Å². The van der Waals surface area contributed by atoms with Crippen LogP contribution in [0.2, 0.25) is 5.02 Å². The van der Waals surface area contributed by atoms with Crippen LogP contribution in [0.1, 0.15) is 0 Å². The molecule has 0 aliphatic rings. The number of rotatable bonds is 2. The van der Waals surface area contributed by atoms with Crippen LogP contribution in [0.4, 0.5) is 10.1 Å². The molecule has 2 N–H and O–H groups in total. The predicted molar refractivity (Wildman–Crippen MR) is 60.1 cm³/mol. The molecule has 0 amide bonds. The second kappa shape index (κ2) is 4.37. The summed E-state index contributed by atoms with van der Waals surface area (Å²) in [5.41, 5.74) is 5.42. The van der Waals surface area contributed by atoms with Gasteiger partial charge in [0.05, 0.1) is 10.7 Å². The maximum atomic E-state index is 13.1. The van der Waals surface area contributed by atoms with Gasteiger partial charge in [0.25, 0.3) is 0 Å². The Bertz CT molecular complexity index is 502. The highest BCUT2D eigenvalue weighted by Crippen LogP contribution is 2.23. The molecule has 0 saturated carbocycles. The molecule has 0 unspecified atom stereocenters. The van der Waals surface area contributed by atoms with Gasteiger partial charge in [0, 0.05) is 18.3 Å². The smallest absolute Gasteiger partial charge is 0.219 e. The Morgan fingerprint density at radius 3 is 2.69 bits per heavy atom. The minimum absolute atomic E-state index is 0.0800. The van der Waals surface area contributed by atoms with E-state index in [1.165, 1.54) is 18.3 Å². The molecule has 0 radical (unpaired) electrons. The Morgan fingerprint density at radius 2 is 2.06 bits per heavy atom. The fourth-order valence-corrected chi connectivity index (χ4v) is 1.23. The zero-order chi connectivity index (χ0) is 11.5. The monoisotopic (exact) mass is 238 g/mol. The highest BCUT2D eigenvalue weighted by Gasteiger charge is 2.02. The van der Waals surface area contributed by atoms with Gasteiger partial charge in [-0.05, 0) is 18.2 Å². The maximum absolute atomic E-state index is 13.1. The van der Waals surface area contributed by atoms with E-state index >= 15 is 0 Å². The van der Waals surface area contributed by atoms with Gasteiger partial charge in [-0.3, -0.25) is 0 Å². The van der Waals surface area contributed by atoms with Gasteiger partial charge in [-0.2, -0.15) is 0 Å². The SMILES string of the molecule is Nc1ccc(Oc2ccc(Cl)cn2)cc1F. The minimum Gasteiger partial charge on any atom is -0.439 e. The quantitative estimate of drug-likeness (QED) is 0.817. The number of nitrogen functional groups attached to an aromatic ring is 1. The Kier molecular flexibility index (Phi) is 2.92. The third kappa shape index (κ3) is 2.41. The molecule has 0 atom stereocenters. The highest BCUT2D eigenvalue weighted by molar-refractivity contribution is 6.30. The van der Waals surface area contributed by atoms with Crippen LogP contribution < -0.4 is 10.5 Å². The van der Waals surface area contributed by atoms with E-state index in [-0.39, 0.29) is 5.69 Å². The number of anilines is 1. The van der Waals surface area contributed by atoms with E-state index in [0.717, 1.165) is 0 Å². The Labute approximate surface area is 96.6 Å². The number of benzene rings is 1. The number of aromatic nitrogens is 1. The standard InChI is InChI=1S/C11H8ClFN2O/c12-7-1-4-11(15-6-7)16-8-2-3-10(14)9(13)5-8/h1-6H,14H2. The van der Waals surface area contributed by atoms with Crippen molar-refractivity contribution in [3.63, 3.8) is 0 Å². The fourth-order valence-electron chi connectivity index (χ4n) is 1.11. The molecule has 5 heteroatoms. The van der Waals surface area contributed by atoms with Crippen LogP contribution in [-0.4, -0.2) is 4.98 Å². The van der Waals surface area contributed by atoms with Crippen molar-refractivity contribution in [2.24, 2.45) is 0 Å². The van der Waals surface area contributed by atoms with Crippen LogP contribution in [0.25, 0.3) is 0 Å². The molecule has 0 aliphatic carbocycles. The molecule has 0 spiro atoms. The van der Waals surface area contributed by atoms with Crippen molar-refractivity contribution in [3.05, 3.63) is 47.4 Å². The van der Waals surface area contributed by atoms with Gasteiger partial charge in [-0.15, -0.1) is 0 Å². The first kappa shape index (κ1) is 10.7. The largest absolute Gasteiger partial charge is 0.439 e. The lowest BCUT2D eigenvalue weighted by atomic mass is 10.3. The number of hydrogen-bond donors (Lipinski definition) is 1. The lowest BCUT2D eigenvalue weighted by molar-refractivity contribution is 0.458. The number of nitrogens with zero attached hydrogens (tertiary/aromatic N) is 1. The summed E-state index contributed by atoms with van der Waals surface area (Å²) in [5.74, 6) is 0.154. The van der Waals surface area contributed by atoms with Gasteiger partial charge in [-0.1, -0.05) is 11.6 Å². The third-order valence-electron chi connectivity index (χ3n) is 1.89. The zero-order valence-electron chi connectivity index (χ0n) is 8.15. The Hall–Kier alpha value is -1.81. The van der Waals surface area contributed by atoms with Crippen molar-refractivity contribution in [1.29, 1.82) is 0 Å². The molecule has 16 heavy (non-hydrogen) atoms. The number of hydrogen-bond acceptors (Lipinski definition) is 3. The molecular weight excluding hydrogens is 231 g/mol. The molecule has 0 fully saturated rings. The molecule has 0 saturated heterocycles. The molecule has 2 rings (SSSR count). The molecule has 0 aliphatic heterocycles. The first-order valence-corrected chi connectivity index (χ1v) is 4.87. The summed E-state index contributed by atoms with van der Waals surface area (Å²) in [4.78, 5) is 3.92. The van der Waals surface area contributed by atoms with Crippen LogP contribution in [0, 0.1) is 5.82 Å². The molecule has 1 aromatic heterocycles. The van der Waals surface area contributed by atoms with Crippen LogP contribution in [-0.2, 0) is 0 Å². The van der Waals surface area contributed by atoms with Crippen molar-refractivity contribution < 1.29 is 9.13 Å². The fraction of sp³-hybridized carbons (Fsp3) is 0. The summed E-state index contributed by atoms with van der Waals surface area (Å²) in [6.45, 7) is 0. The van der Waals surface area contributed by atoms with E-state index in [9.17, 15) is 4.39 Å². The van der Waals surface area contributed by atoms with Crippen molar-refractivity contribution >= 4 is 17.3 Å². The third-order valence-corrected chi connectivity index (χ3v) is 2.12. The van der Waals surface area contributed by atoms with Gasteiger partial charge < -0.3 is 10.5 Å². The van der Waals surface area contributed by atoms with Crippen molar-refractivity contribution in [2.45, 2.75) is 0 Å². The number of ether oxygens (including phenoxy) is 1. The van der Waals surface area contributed by atoms with Gasteiger partial charge >= 0.3 is 0 Å². The number of halogens is 2. The summed E-state index contributed by atoms with van der Waals surface area (Å²) in [6.07, 6.45) is 1.45. The van der Waals surface area contributed by atoms with Crippen LogP contribution in [0.5, 0.6) is 11.6 Å². The summed E-state index contributed by atoms with van der Waals surface area (Å²) < 4.78 is 18.4. The van der Waals surface area contributed by atoms with E-state index in [4.69, 9.17) is 22.1 Å². The first-order chi connectivity index (χ1) is 7.65. The average Bonchev–Trinajstić information content (AvgIpc) is 2.27. The summed E-state index contributed by atoms with van der Waals surface area (Å²) in [5, 5.41) is 0.510. The van der Waals surface area contributed by atoms with Crippen LogP contribution >= 0.6 is 11.6 Å². The number of pyridine rings is 1. The van der Waals surface area contributed by atoms with E-state index in [1.807, 2.05) is 0 Å². The molecule has 1 heterocycles. The van der Waals surface area contributed by atoms with E-state index < -0.39 is 5.82 Å². The van der Waals surface area contributed by atoms with Crippen LogP contribution in [0.15, 0.2) is 36.5 Å². The average molecular weight is 239 g/mol. The second-order valence-corrected chi connectivity index (χ2v) is 3.54. The van der Waals surface area contributed by atoms with Gasteiger partial charge in [0.15, 0.2) is 0 Å². The first-order valence-electron chi connectivity index (χ1n) is 4.49. The topological polar surface area (TPSA) is 48.1 Å². The van der Waals surface area contributed by atoms with Gasteiger partial charge in [0.2, 0.25) is 5.88 Å². The van der Waals surface area contributed by atoms with Crippen LogP contribution in [0.3, 0.4) is 0 Å². The molecule has 0 bridgehead atoms. The lowest BCUT2D eigenvalue weighted by Crippen LogP contribution is -1.92. The summed E-state index contributed by atoms with van der Waals surface area (Å²) >= 11 is 5.67. The Balaban J connectivity index is 2.20. The number of nitrogens with two attached hydrogens (primary N) is 1. The van der Waals surface area contributed by atoms with E-state index in [2.05, 4.69) is 4.98 Å². The predicted octanol–water partition coefficient (Wildman–Crippen LogP) is 3.25. The second-order valence-electron chi connectivity index (χ2n) is 3.10. The van der Waals surface area contributed by atoms with Crippen molar-refractivity contribution in [3.8, 4) is 11.6 Å². The normalized spacial score (nSPS) is 10.1. The molecule has 82 valence electrons. The summed E-state index contributed by atoms with van der Waals surface area (Å²) in [7, 11) is 0. The highest BCUT2D eigenvalue weighted by atomic mass is 35.5. The lowest BCUT2D eigenvalue weighted by Gasteiger charge is -2.05. The molecule has 2 aromatic rings. The van der Waals surface area contributed by atoms with Crippen molar-refractivity contribution in [1.82, 2.24) is 4.98 Å². The Morgan fingerprint density at radius 1 is 1.25 bits per heavy atom. The molecular formula is C11H8ClFN2O. The minimum atomic E-state index is -0.522. The summed E-state index contributed by atoms with van der Waals surface area (Å²) in [6, 6.07) is 7.43. The zero-order valence-corrected chi connectivity index (χ0v) is 8.91. The van der Waals surface area contributed by atoms with Crippen molar-refractivity contribution in [2.75, 3.05) is 5.73 Å².